The van der Waals surface area contributed by atoms with E-state index in [0.29, 0.717) is 25.5 Å². The number of amides is 1. The van der Waals surface area contributed by atoms with Crippen LogP contribution >= 0.6 is 15.9 Å². The number of carbonyl (C=O) groups excluding carboxylic acids is 1. The lowest BCUT2D eigenvalue weighted by Crippen LogP contribution is -2.27. The van der Waals surface area contributed by atoms with Crippen molar-refractivity contribution < 1.29 is 14.3 Å². The lowest BCUT2D eigenvalue weighted by atomic mass is 10.2. The Kier molecular flexibility index (Phi) is 11.8. The van der Waals surface area contributed by atoms with Gasteiger partial charge in [-0.25, -0.2) is 0 Å². The number of likely N-dealkylation sites (N-methyl/N-ethyl adjacent to an activating group) is 1. The van der Waals surface area contributed by atoms with Crippen LogP contribution < -0.4 is 9.64 Å². The van der Waals surface area contributed by atoms with Gasteiger partial charge in [-0.3, -0.25) is 4.79 Å². The molecule has 0 saturated carbocycles. The monoisotopic (exact) mass is 374 g/mol. The van der Waals surface area contributed by atoms with Crippen LogP contribution in [-0.4, -0.2) is 58.8 Å². The third kappa shape index (κ3) is 7.77. The Labute approximate surface area is 142 Å². The maximum atomic E-state index is 11.2. The molecular formula is C16H27BrN2O3. The Morgan fingerprint density at radius 1 is 1.18 bits per heavy atom. The smallest absolute Gasteiger partial charge is 0.214 e. The third-order valence-corrected chi connectivity index (χ3v) is 3.23. The largest absolute Gasteiger partial charge is 0.495 e. The number of benzene rings is 1. The second kappa shape index (κ2) is 12.4. The van der Waals surface area contributed by atoms with Crippen molar-refractivity contribution in [3.05, 3.63) is 22.7 Å². The molecular weight excluding hydrogens is 348 g/mol. The molecule has 0 fully saturated rings. The molecule has 0 spiro atoms. The number of methoxy groups -OCH3 is 1. The van der Waals surface area contributed by atoms with Gasteiger partial charge in [0.2, 0.25) is 6.41 Å². The molecule has 0 aliphatic carbocycles. The molecule has 0 atom stereocenters. The Bertz CT molecular complexity index is 428. The van der Waals surface area contributed by atoms with Crippen molar-refractivity contribution in [2.24, 2.45) is 0 Å². The van der Waals surface area contributed by atoms with E-state index in [9.17, 15) is 4.79 Å². The van der Waals surface area contributed by atoms with Crippen LogP contribution in [0.4, 0.5) is 5.69 Å². The van der Waals surface area contributed by atoms with Crippen LogP contribution in [0, 0.1) is 0 Å². The average molecular weight is 375 g/mol. The topological polar surface area (TPSA) is 42.0 Å². The molecule has 5 nitrogen and oxygen atoms in total. The number of halogens is 1. The molecule has 22 heavy (non-hydrogen) atoms. The van der Waals surface area contributed by atoms with Gasteiger partial charge in [0.15, 0.2) is 0 Å². The Hall–Kier alpha value is -1.11. The van der Waals surface area contributed by atoms with Crippen LogP contribution in [0.5, 0.6) is 5.75 Å². The van der Waals surface area contributed by atoms with Gasteiger partial charge in [-0.2, -0.15) is 0 Å². The number of nitrogens with zero attached hydrogens (tertiary/aromatic N) is 2. The normalized spacial score (nSPS) is 9.95. The number of anilines is 1. The van der Waals surface area contributed by atoms with Gasteiger partial charge in [0.1, 0.15) is 5.75 Å². The zero-order chi connectivity index (χ0) is 17.0. The summed E-state index contributed by atoms with van der Waals surface area (Å²) in [7, 11) is 5.57. The maximum Gasteiger partial charge on any atom is 0.214 e. The molecule has 1 aromatic carbocycles. The molecule has 6 heteroatoms. The fraction of sp³-hybridized carbons (Fsp3) is 0.562. The first-order valence-electron chi connectivity index (χ1n) is 7.36. The number of rotatable bonds is 9. The summed E-state index contributed by atoms with van der Waals surface area (Å²) in [4.78, 5) is 14.9. The second-order valence-corrected chi connectivity index (χ2v) is 5.45. The second-order valence-electron chi connectivity index (χ2n) is 4.53. The van der Waals surface area contributed by atoms with Gasteiger partial charge in [-0.05, 0) is 32.3 Å². The highest BCUT2D eigenvalue weighted by molar-refractivity contribution is 9.10. The highest BCUT2D eigenvalue weighted by Crippen LogP contribution is 2.30. The van der Waals surface area contributed by atoms with Crippen molar-refractivity contribution in [1.29, 1.82) is 0 Å². The molecule has 0 aliphatic heterocycles. The van der Waals surface area contributed by atoms with Crippen molar-refractivity contribution in [3.8, 4) is 5.75 Å². The van der Waals surface area contributed by atoms with Gasteiger partial charge >= 0.3 is 0 Å². The fourth-order valence-electron chi connectivity index (χ4n) is 1.63. The summed E-state index contributed by atoms with van der Waals surface area (Å²) in [5.74, 6) is 0.661. The fourth-order valence-corrected chi connectivity index (χ4v) is 1.98. The van der Waals surface area contributed by atoms with E-state index in [1.54, 1.807) is 12.0 Å². The zero-order valence-electron chi connectivity index (χ0n) is 14.1. The summed E-state index contributed by atoms with van der Waals surface area (Å²) in [6, 6.07) is 5.55. The van der Waals surface area contributed by atoms with Crippen molar-refractivity contribution >= 4 is 28.0 Å². The molecule has 0 saturated heterocycles. The predicted octanol–water partition coefficient (Wildman–Crippen LogP) is 3.02. The number of ether oxygens (including phenoxy) is 2. The SMILES string of the molecule is CC.COc1ccc(Br)cc1N(C=O)CCOCCN(C)C. The highest BCUT2D eigenvalue weighted by atomic mass is 79.9. The summed E-state index contributed by atoms with van der Waals surface area (Å²) in [6.07, 6.45) is 0.791. The zero-order valence-corrected chi connectivity index (χ0v) is 15.7. The van der Waals surface area contributed by atoms with Gasteiger partial charge in [0.25, 0.3) is 0 Å². The van der Waals surface area contributed by atoms with Gasteiger partial charge in [0, 0.05) is 17.6 Å². The Morgan fingerprint density at radius 2 is 1.82 bits per heavy atom. The van der Waals surface area contributed by atoms with Gasteiger partial charge in [-0.1, -0.05) is 29.8 Å². The average Bonchev–Trinajstić information content (AvgIpc) is 2.52. The molecule has 1 amide bonds. The highest BCUT2D eigenvalue weighted by Gasteiger charge is 2.11. The maximum absolute atomic E-state index is 11.2. The molecule has 0 heterocycles. The molecule has 0 N–H and O–H groups in total. The van der Waals surface area contributed by atoms with Crippen LogP contribution in [0.2, 0.25) is 0 Å². The van der Waals surface area contributed by atoms with Crippen LogP contribution in [0.15, 0.2) is 22.7 Å². The van der Waals surface area contributed by atoms with Crippen LogP contribution in [0.25, 0.3) is 0 Å². The Morgan fingerprint density at radius 3 is 2.36 bits per heavy atom. The van der Waals surface area contributed by atoms with Crippen molar-refractivity contribution in [2.45, 2.75) is 13.8 Å². The van der Waals surface area contributed by atoms with Crippen LogP contribution in [0.3, 0.4) is 0 Å². The molecule has 126 valence electrons. The van der Waals surface area contributed by atoms with Crippen molar-refractivity contribution in [1.82, 2.24) is 4.90 Å². The minimum atomic E-state index is 0.488. The number of hydrogen-bond donors (Lipinski definition) is 0. The number of carbonyl (C=O) groups is 1. The van der Waals surface area contributed by atoms with E-state index in [4.69, 9.17) is 9.47 Å². The molecule has 0 aromatic heterocycles. The standard InChI is InChI=1S/C14H21BrN2O3.C2H6/c1-16(2)6-8-20-9-7-17(11-18)13-10-12(15)4-5-14(13)19-3;1-2/h4-5,10-11H,6-9H2,1-3H3;1-2H3. The molecule has 0 radical (unpaired) electrons. The Balaban J connectivity index is 0.00000211. The third-order valence-electron chi connectivity index (χ3n) is 2.74. The first-order chi connectivity index (χ1) is 10.6. The lowest BCUT2D eigenvalue weighted by molar-refractivity contribution is -0.107. The summed E-state index contributed by atoms with van der Waals surface area (Å²) < 4.78 is 11.7. The number of hydrogen-bond acceptors (Lipinski definition) is 4. The molecule has 1 rings (SSSR count). The van der Waals surface area contributed by atoms with Crippen molar-refractivity contribution in [3.63, 3.8) is 0 Å². The molecule has 0 unspecified atom stereocenters. The van der Waals surface area contributed by atoms with Crippen LogP contribution in [-0.2, 0) is 9.53 Å². The summed E-state index contributed by atoms with van der Waals surface area (Å²) in [5.41, 5.74) is 0.730. The first kappa shape index (κ1) is 20.9. The van der Waals surface area contributed by atoms with E-state index >= 15 is 0 Å². The van der Waals surface area contributed by atoms with E-state index in [2.05, 4.69) is 20.8 Å². The first-order valence-corrected chi connectivity index (χ1v) is 8.15. The minimum absolute atomic E-state index is 0.488. The van der Waals surface area contributed by atoms with Crippen LogP contribution in [0.1, 0.15) is 13.8 Å². The summed E-state index contributed by atoms with van der Waals surface area (Å²) in [6.45, 7) is 6.49. The molecule has 1 aromatic rings. The van der Waals surface area contributed by atoms with Crippen molar-refractivity contribution in [2.75, 3.05) is 52.4 Å². The predicted molar refractivity (Wildman–Crippen MR) is 94.8 cm³/mol. The van der Waals surface area contributed by atoms with Gasteiger partial charge < -0.3 is 19.3 Å². The van der Waals surface area contributed by atoms with Gasteiger partial charge in [-0.15, -0.1) is 0 Å². The van der Waals surface area contributed by atoms with E-state index in [-0.39, 0.29) is 0 Å². The van der Waals surface area contributed by atoms with E-state index < -0.39 is 0 Å². The van der Waals surface area contributed by atoms with E-state index in [1.165, 1.54) is 0 Å². The quantitative estimate of drug-likeness (QED) is 0.492. The van der Waals surface area contributed by atoms with Gasteiger partial charge in [0.05, 0.1) is 26.0 Å². The summed E-state index contributed by atoms with van der Waals surface area (Å²) >= 11 is 3.40. The molecule has 0 bridgehead atoms. The van der Waals surface area contributed by atoms with E-state index in [1.807, 2.05) is 46.1 Å². The summed E-state index contributed by atoms with van der Waals surface area (Å²) in [5, 5.41) is 0. The lowest BCUT2D eigenvalue weighted by Gasteiger charge is -2.20. The molecule has 0 aliphatic rings. The minimum Gasteiger partial charge on any atom is -0.495 e. The van der Waals surface area contributed by atoms with E-state index in [0.717, 1.165) is 23.1 Å².